The van der Waals surface area contributed by atoms with Crippen LogP contribution in [0, 0.1) is 0 Å². The highest BCUT2D eigenvalue weighted by Gasteiger charge is 2.08. The van der Waals surface area contributed by atoms with Crippen LogP contribution in [0.2, 0.25) is 0 Å². The Kier molecular flexibility index (Phi) is 7.50. The molecule has 0 aromatic heterocycles. The highest BCUT2D eigenvalue weighted by atomic mass is 79.9. The van der Waals surface area contributed by atoms with Crippen LogP contribution in [0.3, 0.4) is 0 Å². The number of ether oxygens (including phenoxy) is 1. The summed E-state index contributed by atoms with van der Waals surface area (Å²) in [5.41, 5.74) is 1.28. The van der Waals surface area contributed by atoms with Gasteiger partial charge in [-0.05, 0) is 40.0 Å². The summed E-state index contributed by atoms with van der Waals surface area (Å²) in [6.07, 6.45) is 1.03. The number of hydrogen-bond donors (Lipinski definition) is 2. The van der Waals surface area contributed by atoms with Gasteiger partial charge in [0.15, 0.2) is 0 Å². The van der Waals surface area contributed by atoms with Crippen molar-refractivity contribution in [2.75, 3.05) is 45.9 Å². The lowest BCUT2D eigenvalue weighted by Crippen LogP contribution is -2.45. The Labute approximate surface area is 136 Å². The second-order valence-corrected chi connectivity index (χ2v) is 6.24. The van der Waals surface area contributed by atoms with E-state index in [2.05, 4.69) is 50.5 Å². The molecule has 1 aliphatic heterocycles. The van der Waals surface area contributed by atoms with E-state index < -0.39 is 0 Å². The van der Waals surface area contributed by atoms with E-state index in [1.165, 1.54) is 5.56 Å². The molecule has 0 saturated carbocycles. The molecule has 0 bridgehead atoms. The average molecular weight is 356 g/mol. The van der Waals surface area contributed by atoms with Crippen molar-refractivity contribution in [3.8, 4) is 5.75 Å². The number of halogens is 1. The molecule has 1 aromatic rings. The van der Waals surface area contributed by atoms with Gasteiger partial charge in [-0.25, -0.2) is 0 Å². The molecule has 0 amide bonds. The Balaban J connectivity index is 1.69. The fourth-order valence-corrected chi connectivity index (χ4v) is 2.93. The summed E-state index contributed by atoms with van der Waals surface area (Å²) < 4.78 is 6.71. The third-order valence-corrected chi connectivity index (χ3v) is 4.22. The second kappa shape index (κ2) is 9.41. The Morgan fingerprint density at radius 1 is 1.33 bits per heavy atom. The van der Waals surface area contributed by atoms with Crippen molar-refractivity contribution < 1.29 is 4.74 Å². The maximum absolute atomic E-state index is 5.67. The first-order valence-corrected chi connectivity index (χ1v) is 8.64. The van der Waals surface area contributed by atoms with E-state index in [0.717, 1.165) is 69.1 Å². The first kappa shape index (κ1) is 16.7. The number of rotatable bonds is 8. The van der Waals surface area contributed by atoms with E-state index in [9.17, 15) is 0 Å². The van der Waals surface area contributed by atoms with Crippen LogP contribution in [0.25, 0.3) is 0 Å². The molecule has 0 unspecified atom stereocenters. The molecule has 2 N–H and O–H groups in total. The van der Waals surface area contributed by atoms with E-state index in [-0.39, 0.29) is 0 Å². The van der Waals surface area contributed by atoms with Gasteiger partial charge in [0.2, 0.25) is 0 Å². The van der Waals surface area contributed by atoms with Gasteiger partial charge in [-0.3, -0.25) is 4.90 Å². The van der Waals surface area contributed by atoms with E-state index >= 15 is 0 Å². The van der Waals surface area contributed by atoms with Crippen molar-refractivity contribution in [1.29, 1.82) is 0 Å². The summed E-state index contributed by atoms with van der Waals surface area (Å²) in [7, 11) is 0. The minimum atomic E-state index is 0.765. The Hall–Kier alpha value is -0.620. The van der Waals surface area contributed by atoms with Crippen molar-refractivity contribution >= 4 is 15.9 Å². The quantitative estimate of drug-likeness (QED) is 0.701. The minimum Gasteiger partial charge on any atom is -0.492 e. The summed E-state index contributed by atoms with van der Waals surface area (Å²) in [5, 5.41) is 6.89. The average Bonchev–Trinajstić information content (AvgIpc) is 2.52. The molecule has 4 nitrogen and oxygen atoms in total. The summed E-state index contributed by atoms with van der Waals surface area (Å²) >= 11 is 3.58. The van der Waals surface area contributed by atoms with E-state index in [0.29, 0.717) is 0 Å². The lowest BCUT2D eigenvalue weighted by atomic mass is 10.2. The smallest absolute Gasteiger partial charge is 0.133 e. The zero-order valence-corrected chi connectivity index (χ0v) is 14.4. The highest BCUT2D eigenvalue weighted by molar-refractivity contribution is 9.10. The molecule has 0 atom stereocenters. The van der Waals surface area contributed by atoms with Gasteiger partial charge in [0.25, 0.3) is 0 Å². The maximum atomic E-state index is 5.67. The van der Waals surface area contributed by atoms with Crippen molar-refractivity contribution in [1.82, 2.24) is 15.5 Å². The summed E-state index contributed by atoms with van der Waals surface area (Å²) in [6.45, 7) is 10.5. The van der Waals surface area contributed by atoms with Crippen LogP contribution < -0.4 is 15.4 Å². The van der Waals surface area contributed by atoms with Crippen molar-refractivity contribution in [2.24, 2.45) is 0 Å². The van der Waals surface area contributed by atoms with Crippen LogP contribution in [0.5, 0.6) is 5.75 Å². The molecular weight excluding hydrogens is 330 g/mol. The lowest BCUT2D eigenvalue weighted by molar-refractivity contribution is 0.241. The first-order chi connectivity index (χ1) is 10.3. The SMILES string of the molecule is CCCOc1ccc(CNCCN2CCNCC2)cc1Br. The fourth-order valence-electron chi connectivity index (χ4n) is 2.39. The zero-order chi connectivity index (χ0) is 14.9. The molecule has 118 valence electrons. The molecule has 1 saturated heterocycles. The predicted octanol–water partition coefficient (Wildman–Crippen LogP) is 2.23. The number of nitrogens with one attached hydrogen (secondary N) is 2. The van der Waals surface area contributed by atoms with Gasteiger partial charge in [-0.15, -0.1) is 0 Å². The topological polar surface area (TPSA) is 36.5 Å². The molecule has 0 spiro atoms. The third kappa shape index (κ3) is 5.94. The van der Waals surface area contributed by atoms with Crippen LogP contribution >= 0.6 is 15.9 Å². The third-order valence-electron chi connectivity index (χ3n) is 3.60. The maximum Gasteiger partial charge on any atom is 0.133 e. The Bertz CT molecular complexity index is 422. The van der Waals surface area contributed by atoms with Crippen LogP contribution in [-0.2, 0) is 6.54 Å². The standard InChI is InChI=1S/C16H26BrN3O/c1-2-11-21-16-4-3-14(12-15(16)17)13-19-7-10-20-8-5-18-6-9-20/h3-4,12,18-19H,2,5-11,13H2,1H3. The molecule has 21 heavy (non-hydrogen) atoms. The molecular formula is C16H26BrN3O. The van der Waals surface area contributed by atoms with Crippen LogP contribution in [0.1, 0.15) is 18.9 Å². The van der Waals surface area contributed by atoms with Gasteiger partial charge in [0.05, 0.1) is 11.1 Å². The molecule has 1 heterocycles. The fraction of sp³-hybridized carbons (Fsp3) is 0.625. The van der Waals surface area contributed by atoms with Crippen molar-refractivity contribution in [2.45, 2.75) is 19.9 Å². The lowest BCUT2D eigenvalue weighted by Gasteiger charge is -2.27. The zero-order valence-electron chi connectivity index (χ0n) is 12.8. The normalized spacial score (nSPS) is 16.1. The van der Waals surface area contributed by atoms with Gasteiger partial charge < -0.3 is 15.4 Å². The van der Waals surface area contributed by atoms with Gasteiger partial charge in [-0.2, -0.15) is 0 Å². The monoisotopic (exact) mass is 355 g/mol. The Morgan fingerprint density at radius 3 is 2.86 bits per heavy atom. The summed E-state index contributed by atoms with van der Waals surface area (Å²) in [6, 6.07) is 6.32. The predicted molar refractivity (Wildman–Crippen MR) is 90.9 cm³/mol. The molecule has 0 aliphatic carbocycles. The van der Waals surface area contributed by atoms with Gasteiger partial charge in [-0.1, -0.05) is 13.0 Å². The molecule has 0 radical (unpaired) electrons. The summed E-state index contributed by atoms with van der Waals surface area (Å²) in [5.74, 6) is 0.932. The van der Waals surface area contributed by atoms with E-state index in [1.54, 1.807) is 0 Å². The molecule has 2 rings (SSSR count). The van der Waals surface area contributed by atoms with Gasteiger partial charge >= 0.3 is 0 Å². The Morgan fingerprint density at radius 2 is 2.14 bits per heavy atom. The summed E-state index contributed by atoms with van der Waals surface area (Å²) in [4.78, 5) is 2.50. The second-order valence-electron chi connectivity index (χ2n) is 5.38. The number of benzene rings is 1. The molecule has 5 heteroatoms. The minimum absolute atomic E-state index is 0.765. The number of nitrogens with zero attached hydrogens (tertiary/aromatic N) is 1. The van der Waals surface area contributed by atoms with Gasteiger partial charge in [0.1, 0.15) is 5.75 Å². The van der Waals surface area contributed by atoms with E-state index in [4.69, 9.17) is 4.74 Å². The van der Waals surface area contributed by atoms with Crippen molar-refractivity contribution in [3.05, 3.63) is 28.2 Å². The van der Waals surface area contributed by atoms with E-state index in [1.807, 2.05) is 6.07 Å². The molecule has 1 fully saturated rings. The van der Waals surface area contributed by atoms with Crippen LogP contribution in [0.4, 0.5) is 0 Å². The first-order valence-electron chi connectivity index (χ1n) is 7.84. The van der Waals surface area contributed by atoms with Crippen LogP contribution in [-0.4, -0.2) is 50.8 Å². The highest BCUT2D eigenvalue weighted by Crippen LogP contribution is 2.26. The largest absolute Gasteiger partial charge is 0.492 e. The number of hydrogen-bond acceptors (Lipinski definition) is 4. The molecule has 1 aromatic carbocycles. The number of piperazine rings is 1. The van der Waals surface area contributed by atoms with Gasteiger partial charge in [0, 0.05) is 45.8 Å². The van der Waals surface area contributed by atoms with Crippen molar-refractivity contribution in [3.63, 3.8) is 0 Å². The van der Waals surface area contributed by atoms with Crippen LogP contribution in [0.15, 0.2) is 22.7 Å². The molecule has 1 aliphatic rings.